The summed E-state index contributed by atoms with van der Waals surface area (Å²) in [4.78, 5) is 36.9. The Kier molecular flexibility index (Phi) is 5.50. The van der Waals surface area contributed by atoms with E-state index < -0.39 is 6.04 Å². The molecule has 6 nitrogen and oxygen atoms in total. The summed E-state index contributed by atoms with van der Waals surface area (Å²) in [6, 6.07) is 6.56. The Morgan fingerprint density at radius 2 is 1.83 bits per heavy atom. The Hall–Kier alpha value is -2.21. The lowest BCUT2D eigenvalue weighted by Gasteiger charge is -2.19. The van der Waals surface area contributed by atoms with Gasteiger partial charge in [0.05, 0.1) is 12.6 Å². The lowest BCUT2D eigenvalue weighted by molar-refractivity contribution is -0.139. The van der Waals surface area contributed by atoms with Gasteiger partial charge >= 0.3 is 0 Å². The maximum absolute atomic E-state index is 12.2. The Balaban J connectivity index is 2.10. The molecule has 1 heterocycles. The van der Waals surface area contributed by atoms with E-state index in [2.05, 4.69) is 5.32 Å². The van der Waals surface area contributed by atoms with Gasteiger partial charge in [-0.2, -0.15) is 0 Å². The van der Waals surface area contributed by atoms with Crippen LogP contribution in [0.5, 0.6) is 0 Å². The average Bonchev–Trinajstić information content (AvgIpc) is 2.80. The number of nitrogens with one attached hydrogen (secondary N) is 1. The van der Waals surface area contributed by atoms with Crippen LogP contribution in [0.1, 0.15) is 38.7 Å². The van der Waals surface area contributed by atoms with E-state index in [-0.39, 0.29) is 37.1 Å². The van der Waals surface area contributed by atoms with Crippen molar-refractivity contribution in [2.24, 2.45) is 11.7 Å². The first-order valence-corrected chi connectivity index (χ1v) is 7.86. The van der Waals surface area contributed by atoms with E-state index in [9.17, 15) is 14.4 Å². The van der Waals surface area contributed by atoms with Crippen LogP contribution in [0.2, 0.25) is 0 Å². The predicted octanol–water partition coefficient (Wildman–Crippen LogP) is 1.65. The molecule has 1 atom stereocenters. The number of nitrogens with two attached hydrogens (primary N) is 1. The molecule has 0 unspecified atom stereocenters. The second kappa shape index (κ2) is 7.37. The number of carbonyl (C=O) groups excluding carboxylic acids is 3. The van der Waals surface area contributed by atoms with Gasteiger partial charge in [-0.15, -0.1) is 0 Å². The van der Waals surface area contributed by atoms with Crippen molar-refractivity contribution in [1.29, 1.82) is 0 Å². The van der Waals surface area contributed by atoms with Crippen LogP contribution in [0.4, 0.5) is 5.69 Å². The molecule has 1 saturated heterocycles. The van der Waals surface area contributed by atoms with Crippen LogP contribution in [-0.4, -0.2) is 28.7 Å². The van der Waals surface area contributed by atoms with Crippen LogP contribution in [0.15, 0.2) is 24.3 Å². The lowest BCUT2D eigenvalue weighted by Crippen LogP contribution is -2.37. The molecule has 1 aliphatic heterocycles. The molecule has 1 aliphatic rings. The predicted molar refractivity (Wildman–Crippen MR) is 87.3 cm³/mol. The molecule has 0 radical (unpaired) electrons. The highest BCUT2D eigenvalue weighted by Crippen LogP contribution is 2.21. The maximum atomic E-state index is 12.2. The lowest BCUT2D eigenvalue weighted by atomic mass is 10.0. The molecule has 2 rings (SSSR count). The normalized spacial score (nSPS) is 16.1. The van der Waals surface area contributed by atoms with Crippen LogP contribution in [0.3, 0.4) is 0 Å². The molecule has 0 spiro atoms. The van der Waals surface area contributed by atoms with Crippen molar-refractivity contribution in [2.75, 3.05) is 5.32 Å². The zero-order chi connectivity index (χ0) is 17.0. The van der Waals surface area contributed by atoms with Gasteiger partial charge in [-0.25, -0.2) is 0 Å². The first kappa shape index (κ1) is 17.1. The molecule has 3 amide bonds. The van der Waals surface area contributed by atoms with Crippen molar-refractivity contribution < 1.29 is 14.4 Å². The summed E-state index contributed by atoms with van der Waals surface area (Å²) in [5.74, 6) is -0.281. The molecule has 0 aliphatic carbocycles. The topological polar surface area (TPSA) is 92.5 Å². The van der Waals surface area contributed by atoms with Crippen LogP contribution >= 0.6 is 0 Å². The third-order valence-corrected chi connectivity index (χ3v) is 3.82. The van der Waals surface area contributed by atoms with Gasteiger partial charge in [0.1, 0.15) is 0 Å². The van der Waals surface area contributed by atoms with E-state index in [4.69, 9.17) is 5.73 Å². The molecule has 3 N–H and O–H groups in total. The van der Waals surface area contributed by atoms with Crippen LogP contribution in [0.25, 0.3) is 0 Å². The van der Waals surface area contributed by atoms with Gasteiger partial charge in [0.2, 0.25) is 17.7 Å². The number of para-hydroxylation sites is 1. The summed E-state index contributed by atoms with van der Waals surface area (Å²) in [5.41, 5.74) is 7.20. The highest BCUT2D eigenvalue weighted by Gasteiger charge is 2.29. The quantitative estimate of drug-likeness (QED) is 0.780. The number of amides is 3. The van der Waals surface area contributed by atoms with Crippen LogP contribution in [0, 0.1) is 5.92 Å². The fraction of sp³-hybridized carbons (Fsp3) is 0.471. The number of anilines is 1. The summed E-state index contributed by atoms with van der Waals surface area (Å²) in [5, 5.41) is 2.81. The SMILES string of the molecule is CC(C)C[C@H](N)C(=O)Nc1ccccc1CN1C(=O)CCC1=O. The third kappa shape index (κ3) is 4.39. The molecule has 1 aromatic rings. The minimum atomic E-state index is -0.585. The van der Waals surface area contributed by atoms with Gasteiger partial charge in [0.15, 0.2) is 0 Å². The highest BCUT2D eigenvalue weighted by atomic mass is 16.2. The fourth-order valence-electron chi connectivity index (χ4n) is 2.59. The van der Waals surface area contributed by atoms with Crippen molar-refractivity contribution in [3.63, 3.8) is 0 Å². The number of hydrogen-bond acceptors (Lipinski definition) is 4. The third-order valence-electron chi connectivity index (χ3n) is 3.82. The van der Waals surface area contributed by atoms with Crippen LogP contribution < -0.4 is 11.1 Å². The van der Waals surface area contributed by atoms with Gasteiger partial charge in [0, 0.05) is 18.5 Å². The van der Waals surface area contributed by atoms with E-state index >= 15 is 0 Å². The van der Waals surface area contributed by atoms with E-state index in [0.29, 0.717) is 18.0 Å². The van der Waals surface area contributed by atoms with Crippen molar-refractivity contribution in [3.8, 4) is 0 Å². The Morgan fingerprint density at radius 3 is 2.43 bits per heavy atom. The highest BCUT2D eigenvalue weighted by molar-refractivity contribution is 6.02. The molecule has 6 heteroatoms. The van der Waals surface area contributed by atoms with Gasteiger partial charge in [-0.1, -0.05) is 32.0 Å². The van der Waals surface area contributed by atoms with Gasteiger partial charge in [0.25, 0.3) is 0 Å². The Bertz CT molecular complexity index is 597. The summed E-state index contributed by atoms with van der Waals surface area (Å²) in [6.07, 6.45) is 1.11. The molecule has 23 heavy (non-hydrogen) atoms. The summed E-state index contributed by atoms with van der Waals surface area (Å²) in [7, 11) is 0. The van der Waals surface area contributed by atoms with Gasteiger partial charge in [-0.3, -0.25) is 19.3 Å². The number of benzene rings is 1. The largest absolute Gasteiger partial charge is 0.324 e. The van der Waals surface area contributed by atoms with Gasteiger partial charge < -0.3 is 11.1 Å². The first-order valence-electron chi connectivity index (χ1n) is 7.86. The molecule has 124 valence electrons. The zero-order valence-corrected chi connectivity index (χ0v) is 13.5. The monoisotopic (exact) mass is 317 g/mol. The molecule has 1 fully saturated rings. The van der Waals surface area contributed by atoms with Gasteiger partial charge in [-0.05, 0) is 24.0 Å². The molecule has 0 saturated carbocycles. The van der Waals surface area contributed by atoms with E-state index in [1.54, 1.807) is 18.2 Å². The maximum Gasteiger partial charge on any atom is 0.241 e. The van der Waals surface area contributed by atoms with Crippen molar-refractivity contribution in [2.45, 2.75) is 45.7 Å². The Labute approximate surface area is 136 Å². The minimum Gasteiger partial charge on any atom is -0.324 e. The summed E-state index contributed by atoms with van der Waals surface area (Å²) < 4.78 is 0. The van der Waals surface area contributed by atoms with Crippen molar-refractivity contribution in [3.05, 3.63) is 29.8 Å². The molecular formula is C17H23N3O3. The smallest absolute Gasteiger partial charge is 0.241 e. The minimum absolute atomic E-state index is 0.173. The summed E-state index contributed by atoms with van der Waals surface area (Å²) >= 11 is 0. The van der Waals surface area contributed by atoms with E-state index in [0.717, 1.165) is 5.56 Å². The number of carbonyl (C=O) groups is 3. The fourth-order valence-corrected chi connectivity index (χ4v) is 2.59. The van der Waals surface area contributed by atoms with Crippen molar-refractivity contribution in [1.82, 2.24) is 4.90 Å². The Morgan fingerprint density at radius 1 is 1.22 bits per heavy atom. The molecule has 1 aromatic carbocycles. The average molecular weight is 317 g/mol. The van der Waals surface area contributed by atoms with Crippen LogP contribution in [-0.2, 0) is 20.9 Å². The second-order valence-corrected chi connectivity index (χ2v) is 6.26. The van der Waals surface area contributed by atoms with E-state index in [1.807, 2.05) is 19.9 Å². The summed E-state index contributed by atoms with van der Waals surface area (Å²) in [6.45, 7) is 4.19. The number of hydrogen-bond donors (Lipinski definition) is 2. The first-order chi connectivity index (χ1) is 10.9. The number of nitrogens with zero attached hydrogens (tertiary/aromatic N) is 1. The van der Waals surface area contributed by atoms with Crippen molar-refractivity contribution >= 4 is 23.4 Å². The van der Waals surface area contributed by atoms with E-state index in [1.165, 1.54) is 4.90 Å². The number of rotatable bonds is 6. The molecular weight excluding hydrogens is 294 g/mol. The standard InChI is InChI=1S/C17H23N3O3/c1-11(2)9-13(18)17(23)19-14-6-4-3-5-12(14)10-20-15(21)7-8-16(20)22/h3-6,11,13H,7-10,18H2,1-2H3,(H,19,23)/t13-/m0/s1. The second-order valence-electron chi connectivity index (χ2n) is 6.26. The zero-order valence-electron chi connectivity index (χ0n) is 13.5. The number of likely N-dealkylation sites (tertiary alicyclic amines) is 1. The number of imide groups is 1. The molecule has 0 aromatic heterocycles. The molecule has 0 bridgehead atoms.